The fourth-order valence-electron chi connectivity index (χ4n) is 4.41. The van der Waals surface area contributed by atoms with E-state index in [-0.39, 0.29) is 24.9 Å². The third kappa shape index (κ3) is 4.23. The molecule has 0 unspecified atom stereocenters. The summed E-state index contributed by atoms with van der Waals surface area (Å²) in [7, 11) is 2.18. The largest absolute Gasteiger partial charge is 0.484 e. The van der Waals surface area contributed by atoms with E-state index in [1.165, 1.54) is 5.56 Å². The number of likely N-dealkylation sites (tertiary alicyclic amines) is 2. The van der Waals surface area contributed by atoms with E-state index in [4.69, 9.17) is 16.3 Å². The van der Waals surface area contributed by atoms with Gasteiger partial charge in [0.25, 0.3) is 5.91 Å². The van der Waals surface area contributed by atoms with E-state index in [1.54, 1.807) is 12.1 Å². The topological polar surface area (TPSA) is 32.8 Å². The van der Waals surface area contributed by atoms with Crippen LogP contribution in [0.1, 0.15) is 11.6 Å². The van der Waals surface area contributed by atoms with Crippen LogP contribution in [0.4, 0.5) is 0 Å². The van der Waals surface area contributed by atoms with E-state index in [0.29, 0.717) is 28.6 Å². The Morgan fingerprint density at radius 1 is 1.11 bits per heavy atom. The molecule has 0 bridgehead atoms. The Labute approximate surface area is 171 Å². The zero-order chi connectivity index (χ0) is 18.1. The first-order valence-electron chi connectivity index (χ1n) is 9.03. The van der Waals surface area contributed by atoms with Crippen LogP contribution in [0.15, 0.2) is 54.6 Å². The van der Waals surface area contributed by atoms with Crippen molar-refractivity contribution in [2.24, 2.45) is 11.8 Å². The van der Waals surface area contributed by atoms with E-state index in [9.17, 15) is 4.79 Å². The van der Waals surface area contributed by atoms with Crippen molar-refractivity contribution < 1.29 is 9.53 Å². The molecule has 27 heavy (non-hydrogen) atoms. The molecule has 2 saturated heterocycles. The standard InChI is InChI=1S/C21H23ClN2O2.ClH/c1-23-11-16-12-24(13-19(16)21(23)15-6-3-2-4-7-15)20(25)14-26-18-9-5-8-17(22)10-18;/h2-10,16,19,21H,11-14H2,1H3;1H/t16-,19+,21-;/m0./s1. The van der Waals surface area contributed by atoms with Crippen LogP contribution >= 0.6 is 24.0 Å². The van der Waals surface area contributed by atoms with Gasteiger partial charge in [-0.2, -0.15) is 0 Å². The molecule has 4 nitrogen and oxygen atoms in total. The third-order valence-electron chi connectivity index (χ3n) is 5.55. The maximum Gasteiger partial charge on any atom is 0.260 e. The van der Waals surface area contributed by atoms with Crippen LogP contribution < -0.4 is 4.74 Å². The Bertz CT molecular complexity index is 787. The third-order valence-corrected chi connectivity index (χ3v) is 5.78. The minimum atomic E-state index is 0. The van der Waals surface area contributed by atoms with Crippen LogP contribution in [0.5, 0.6) is 5.75 Å². The van der Waals surface area contributed by atoms with Gasteiger partial charge in [0.15, 0.2) is 6.61 Å². The fourth-order valence-corrected chi connectivity index (χ4v) is 4.59. The summed E-state index contributed by atoms with van der Waals surface area (Å²) in [6, 6.07) is 18.2. The van der Waals surface area contributed by atoms with Crippen LogP contribution in [-0.2, 0) is 4.79 Å². The van der Waals surface area contributed by atoms with Crippen LogP contribution in [0.3, 0.4) is 0 Å². The highest BCUT2D eigenvalue weighted by Crippen LogP contribution is 2.43. The van der Waals surface area contributed by atoms with Gasteiger partial charge in [-0.25, -0.2) is 0 Å². The van der Waals surface area contributed by atoms with E-state index < -0.39 is 0 Å². The minimum absolute atomic E-state index is 0. The molecule has 2 aliphatic heterocycles. The SMILES string of the molecule is CN1C[C@H]2CN(C(=O)COc3cccc(Cl)c3)C[C@H]2[C@@H]1c1ccccc1.Cl. The second-order valence-corrected chi connectivity index (χ2v) is 7.70. The van der Waals surface area contributed by atoms with E-state index in [2.05, 4.69) is 36.2 Å². The Kier molecular flexibility index (Phi) is 6.30. The zero-order valence-electron chi connectivity index (χ0n) is 15.3. The molecule has 0 saturated carbocycles. The summed E-state index contributed by atoms with van der Waals surface area (Å²) in [6.07, 6.45) is 0. The van der Waals surface area contributed by atoms with Gasteiger partial charge in [-0.3, -0.25) is 9.69 Å². The Balaban J connectivity index is 0.00000210. The molecule has 0 aromatic heterocycles. The predicted octanol–water partition coefficient (Wildman–Crippen LogP) is 3.90. The molecular weight excluding hydrogens is 383 g/mol. The molecule has 0 N–H and O–H groups in total. The summed E-state index contributed by atoms with van der Waals surface area (Å²) < 4.78 is 5.63. The average Bonchev–Trinajstić information content (AvgIpc) is 3.17. The summed E-state index contributed by atoms with van der Waals surface area (Å²) in [6.45, 7) is 2.71. The second kappa shape index (κ2) is 8.51. The number of ether oxygens (including phenoxy) is 1. The van der Waals surface area contributed by atoms with E-state index >= 15 is 0 Å². The second-order valence-electron chi connectivity index (χ2n) is 7.26. The van der Waals surface area contributed by atoms with Gasteiger partial charge in [0, 0.05) is 36.6 Å². The molecular formula is C21H24Cl2N2O2. The number of halogens is 2. The van der Waals surface area contributed by atoms with Crippen molar-refractivity contribution >= 4 is 29.9 Å². The molecule has 2 aromatic rings. The van der Waals surface area contributed by atoms with Crippen molar-refractivity contribution in [3.05, 3.63) is 65.2 Å². The fraction of sp³-hybridized carbons (Fsp3) is 0.381. The number of fused-ring (bicyclic) bond motifs is 1. The first kappa shape index (κ1) is 20.0. The van der Waals surface area contributed by atoms with Crippen molar-refractivity contribution in [3.8, 4) is 5.75 Å². The smallest absolute Gasteiger partial charge is 0.260 e. The lowest BCUT2D eigenvalue weighted by atomic mass is 9.90. The molecule has 0 spiro atoms. The number of hydrogen-bond acceptors (Lipinski definition) is 3. The van der Waals surface area contributed by atoms with Gasteiger partial charge >= 0.3 is 0 Å². The lowest BCUT2D eigenvalue weighted by molar-refractivity contribution is -0.132. The van der Waals surface area contributed by atoms with Crippen molar-refractivity contribution in [2.75, 3.05) is 33.3 Å². The average molecular weight is 407 g/mol. The molecule has 3 atom stereocenters. The zero-order valence-corrected chi connectivity index (χ0v) is 16.8. The number of amides is 1. The molecule has 2 aromatic carbocycles. The predicted molar refractivity (Wildman–Crippen MR) is 110 cm³/mol. The van der Waals surface area contributed by atoms with Crippen molar-refractivity contribution in [2.45, 2.75) is 6.04 Å². The lowest BCUT2D eigenvalue weighted by Crippen LogP contribution is -2.36. The summed E-state index contributed by atoms with van der Waals surface area (Å²) in [5, 5.41) is 0.611. The highest BCUT2D eigenvalue weighted by molar-refractivity contribution is 6.30. The number of nitrogens with zero attached hydrogens (tertiary/aromatic N) is 2. The van der Waals surface area contributed by atoms with Crippen LogP contribution in [0.2, 0.25) is 5.02 Å². The molecule has 144 valence electrons. The van der Waals surface area contributed by atoms with Crippen molar-refractivity contribution in [1.82, 2.24) is 9.80 Å². The Morgan fingerprint density at radius 3 is 2.63 bits per heavy atom. The van der Waals surface area contributed by atoms with Crippen molar-refractivity contribution in [1.29, 1.82) is 0 Å². The maximum absolute atomic E-state index is 12.6. The lowest BCUT2D eigenvalue weighted by Gasteiger charge is -2.26. The Hall–Kier alpha value is -1.75. The van der Waals surface area contributed by atoms with Gasteiger partial charge in [0.05, 0.1) is 0 Å². The van der Waals surface area contributed by atoms with Crippen LogP contribution in [0, 0.1) is 11.8 Å². The van der Waals surface area contributed by atoms with Gasteiger partial charge in [0.2, 0.25) is 0 Å². The molecule has 1 amide bonds. The molecule has 2 fully saturated rings. The number of rotatable bonds is 4. The summed E-state index contributed by atoms with van der Waals surface area (Å²) >= 11 is 5.96. The molecule has 0 radical (unpaired) electrons. The highest BCUT2D eigenvalue weighted by Gasteiger charge is 2.47. The maximum atomic E-state index is 12.6. The molecule has 0 aliphatic carbocycles. The molecule has 2 heterocycles. The first-order chi connectivity index (χ1) is 12.6. The van der Waals surface area contributed by atoms with Gasteiger partial charge in [-0.1, -0.05) is 48.0 Å². The number of carbonyl (C=O) groups excluding carboxylic acids is 1. The normalized spacial score (nSPS) is 24.4. The van der Waals surface area contributed by atoms with Gasteiger partial charge in [-0.05, 0) is 36.7 Å². The van der Waals surface area contributed by atoms with Crippen LogP contribution in [-0.4, -0.2) is 49.0 Å². The number of hydrogen-bond donors (Lipinski definition) is 0. The minimum Gasteiger partial charge on any atom is -0.484 e. The van der Waals surface area contributed by atoms with E-state index in [1.807, 2.05) is 23.1 Å². The van der Waals surface area contributed by atoms with Crippen LogP contribution in [0.25, 0.3) is 0 Å². The van der Waals surface area contributed by atoms with Gasteiger partial charge in [-0.15, -0.1) is 12.4 Å². The molecule has 4 rings (SSSR count). The number of benzene rings is 2. The monoisotopic (exact) mass is 406 g/mol. The molecule has 2 aliphatic rings. The summed E-state index contributed by atoms with van der Waals surface area (Å²) in [5.74, 6) is 1.69. The summed E-state index contributed by atoms with van der Waals surface area (Å²) in [4.78, 5) is 17.0. The van der Waals surface area contributed by atoms with Gasteiger partial charge < -0.3 is 9.64 Å². The quantitative estimate of drug-likeness (QED) is 0.771. The Morgan fingerprint density at radius 2 is 1.89 bits per heavy atom. The number of carbonyl (C=O) groups is 1. The first-order valence-corrected chi connectivity index (χ1v) is 9.41. The summed E-state index contributed by atoms with van der Waals surface area (Å²) in [5.41, 5.74) is 1.34. The van der Waals surface area contributed by atoms with Gasteiger partial charge in [0.1, 0.15) is 5.75 Å². The van der Waals surface area contributed by atoms with E-state index in [0.717, 1.165) is 19.6 Å². The highest BCUT2D eigenvalue weighted by atomic mass is 35.5. The molecule has 6 heteroatoms. The van der Waals surface area contributed by atoms with Crippen molar-refractivity contribution in [3.63, 3.8) is 0 Å².